The Morgan fingerprint density at radius 2 is 1.92 bits per heavy atom. The molecule has 1 saturated carbocycles. The van der Waals surface area contributed by atoms with Crippen LogP contribution < -0.4 is 10.1 Å². The Morgan fingerprint density at radius 1 is 1.11 bits per heavy atom. The minimum absolute atomic E-state index is 0.0652. The predicted octanol–water partition coefficient (Wildman–Crippen LogP) is 6.64. The van der Waals surface area contributed by atoms with Crippen molar-refractivity contribution in [1.82, 2.24) is 15.3 Å². The summed E-state index contributed by atoms with van der Waals surface area (Å²) in [6.45, 7) is 2.72. The molecule has 1 amide bonds. The number of carbonyl (C=O) groups excluding carboxylic acids is 1. The Morgan fingerprint density at radius 3 is 2.69 bits per heavy atom. The number of carbonyl (C=O) groups is 1. The summed E-state index contributed by atoms with van der Waals surface area (Å²) in [6.07, 6.45) is 6.72. The van der Waals surface area contributed by atoms with Gasteiger partial charge in [0.15, 0.2) is 0 Å². The Balaban J connectivity index is 1.25. The molecule has 4 aromatic rings. The lowest BCUT2D eigenvalue weighted by molar-refractivity contribution is 0.0943. The maximum absolute atomic E-state index is 13.9. The zero-order valence-corrected chi connectivity index (χ0v) is 20.8. The maximum atomic E-state index is 13.9. The van der Waals surface area contributed by atoms with Gasteiger partial charge in [0.2, 0.25) is 0 Å². The van der Waals surface area contributed by atoms with Crippen LogP contribution in [0.5, 0.6) is 5.75 Å². The number of rotatable bonds is 7. The van der Waals surface area contributed by atoms with E-state index in [9.17, 15) is 9.18 Å². The third-order valence-corrected chi connectivity index (χ3v) is 7.45. The number of nitrogens with zero attached hydrogens (tertiary/aromatic N) is 1. The van der Waals surface area contributed by atoms with Crippen LogP contribution in [-0.4, -0.2) is 29.5 Å². The molecule has 0 saturated heterocycles. The van der Waals surface area contributed by atoms with Gasteiger partial charge in [0.05, 0.1) is 23.9 Å². The molecule has 2 aromatic heterocycles. The van der Waals surface area contributed by atoms with Gasteiger partial charge >= 0.3 is 0 Å². The maximum Gasteiger partial charge on any atom is 0.253 e. The van der Waals surface area contributed by atoms with Crippen molar-refractivity contribution in [3.63, 3.8) is 0 Å². The molecule has 1 aliphatic rings. The SMILES string of the molecule is CCc1cc(C(=O)NCC2CCC(c3ccnc4ccc(F)cc34)CC2)c(-c2ccccc2OC)[nH]1. The van der Waals surface area contributed by atoms with Gasteiger partial charge in [-0.3, -0.25) is 9.78 Å². The molecular formula is C30H32FN3O2. The molecule has 5 nitrogen and oxygen atoms in total. The summed E-state index contributed by atoms with van der Waals surface area (Å²) in [7, 11) is 1.64. The number of halogens is 1. The Hall–Kier alpha value is -3.67. The smallest absolute Gasteiger partial charge is 0.253 e. The van der Waals surface area contributed by atoms with Gasteiger partial charge in [-0.1, -0.05) is 19.1 Å². The summed E-state index contributed by atoms with van der Waals surface area (Å²) < 4.78 is 19.4. The van der Waals surface area contributed by atoms with Crippen LogP contribution in [0.3, 0.4) is 0 Å². The fraction of sp³-hybridized carbons (Fsp3) is 0.333. The van der Waals surface area contributed by atoms with Gasteiger partial charge in [0.1, 0.15) is 11.6 Å². The number of ether oxygens (including phenoxy) is 1. The first kappa shape index (κ1) is 24.0. The lowest BCUT2D eigenvalue weighted by atomic mass is 9.78. The van der Waals surface area contributed by atoms with Crippen LogP contribution in [0.15, 0.2) is 60.8 Å². The first-order valence-corrected chi connectivity index (χ1v) is 12.7. The van der Waals surface area contributed by atoms with Crippen LogP contribution >= 0.6 is 0 Å². The highest BCUT2D eigenvalue weighted by atomic mass is 19.1. The highest BCUT2D eigenvalue weighted by Gasteiger charge is 2.25. The largest absolute Gasteiger partial charge is 0.496 e. The second-order valence-electron chi connectivity index (χ2n) is 9.63. The number of aromatic nitrogens is 2. The van der Waals surface area contributed by atoms with Gasteiger partial charge in [-0.05, 0) is 92.0 Å². The first-order valence-electron chi connectivity index (χ1n) is 12.7. The number of aromatic amines is 1. The number of methoxy groups -OCH3 is 1. The number of hydrogen-bond donors (Lipinski definition) is 2. The Labute approximate surface area is 211 Å². The van der Waals surface area contributed by atoms with E-state index in [2.05, 4.69) is 22.2 Å². The normalized spacial score (nSPS) is 17.8. The van der Waals surface area contributed by atoms with Crippen molar-refractivity contribution >= 4 is 16.8 Å². The summed E-state index contributed by atoms with van der Waals surface area (Å²) in [4.78, 5) is 21.1. The molecule has 1 fully saturated rings. The highest BCUT2D eigenvalue weighted by molar-refractivity contribution is 6.01. The zero-order valence-electron chi connectivity index (χ0n) is 20.8. The molecule has 0 atom stereocenters. The van der Waals surface area contributed by atoms with Gasteiger partial charge in [-0.2, -0.15) is 0 Å². The molecule has 0 unspecified atom stereocenters. The lowest BCUT2D eigenvalue weighted by Gasteiger charge is -2.29. The van der Waals surface area contributed by atoms with Gasteiger partial charge in [0, 0.05) is 29.4 Å². The number of pyridine rings is 1. The van der Waals surface area contributed by atoms with E-state index in [0.717, 1.165) is 65.7 Å². The van der Waals surface area contributed by atoms with Crippen molar-refractivity contribution in [3.8, 4) is 17.0 Å². The van der Waals surface area contributed by atoms with Crippen molar-refractivity contribution in [2.75, 3.05) is 13.7 Å². The average Bonchev–Trinajstić information content (AvgIpc) is 3.36. The molecular weight excluding hydrogens is 453 g/mol. The van der Waals surface area contributed by atoms with Gasteiger partial charge < -0.3 is 15.0 Å². The van der Waals surface area contributed by atoms with Gasteiger partial charge in [-0.15, -0.1) is 0 Å². The average molecular weight is 486 g/mol. The molecule has 186 valence electrons. The number of fused-ring (bicyclic) bond motifs is 1. The molecule has 1 aliphatic carbocycles. The number of amides is 1. The summed E-state index contributed by atoms with van der Waals surface area (Å²) in [5, 5.41) is 4.10. The number of aryl methyl sites for hydroxylation is 1. The Bertz CT molecular complexity index is 1370. The molecule has 2 heterocycles. The van der Waals surface area contributed by atoms with E-state index in [1.54, 1.807) is 19.2 Å². The third kappa shape index (κ3) is 4.85. The molecule has 0 bridgehead atoms. The summed E-state index contributed by atoms with van der Waals surface area (Å²) in [5.41, 5.74) is 5.36. The van der Waals surface area contributed by atoms with Crippen molar-refractivity contribution in [2.24, 2.45) is 5.92 Å². The van der Waals surface area contributed by atoms with E-state index in [4.69, 9.17) is 4.74 Å². The van der Waals surface area contributed by atoms with Crippen molar-refractivity contribution in [1.29, 1.82) is 0 Å². The van der Waals surface area contributed by atoms with Crippen LogP contribution in [0.1, 0.15) is 60.1 Å². The van der Waals surface area contributed by atoms with Crippen molar-refractivity contribution < 1.29 is 13.9 Å². The predicted molar refractivity (Wildman–Crippen MR) is 141 cm³/mol. The number of para-hydroxylation sites is 1. The quantitative estimate of drug-likeness (QED) is 0.308. The van der Waals surface area contributed by atoms with E-state index in [1.807, 2.05) is 42.6 Å². The molecule has 0 aliphatic heterocycles. The zero-order chi connectivity index (χ0) is 25.1. The fourth-order valence-electron chi connectivity index (χ4n) is 5.45. The van der Waals surface area contributed by atoms with Gasteiger partial charge in [-0.25, -0.2) is 4.39 Å². The molecule has 0 radical (unpaired) electrons. The van der Waals surface area contributed by atoms with E-state index in [0.29, 0.717) is 23.9 Å². The van der Waals surface area contributed by atoms with Crippen LogP contribution in [0.2, 0.25) is 0 Å². The molecule has 36 heavy (non-hydrogen) atoms. The third-order valence-electron chi connectivity index (χ3n) is 7.45. The highest BCUT2D eigenvalue weighted by Crippen LogP contribution is 2.38. The number of nitrogens with one attached hydrogen (secondary N) is 2. The second-order valence-corrected chi connectivity index (χ2v) is 9.63. The summed E-state index contributed by atoms with van der Waals surface area (Å²) >= 11 is 0. The fourth-order valence-corrected chi connectivity index (χ4v) is 5.45. The van der Waals surface area contributed by atoms with E-state index < -0.39 is 0 Å². The van der Waals surface area contributed by atoms with Crippen molar-refractivity contribution in [3.05, 3.63) is 83.4 Å². The molecule has 6 heteroatoms. The van der Waals surface area contributed by atoms with Crippen LogP contribution in [0, 0.1) is 11.7 Å². The van der Waals surface area contributed by atoms with Gasteiger partial charge in [0.25, 0.3) is 5.91 Å². The lowest BCUT2D eigenvalue weighted by Crippen LogP contribution is -2.31. The number of hydrogen-bond acceptors (Lipinski definition) is 3. The summed E-state index contributed by atoms with van der Waals surface area (Å²) in [5.74, 6) is 1.26. The van der Waals surface area contributed by atoms with Crippen LogP contribution in [0.25, 0.3) is 22.2 Å². The number of H-pyrrole nitrogens is 1. The minimum Gasteiger partial charge on any atom is -0.496 e. The van der Waals surface area contributed by atoms with E-state index in [-0.39, 0.29) is 11.7 Å². The Kier molecular flexibility index (Phi) is 7.03. The van der Waals surface area contributed by atoms with E-state index in [1.165, 1.54) is 11.6 Å². The molecule has 0 spiro atoms. The molecule has 2 N–H and O–H groups in total. The van der Waals surface area contributed by atoms with Crippen LogP contribution in [-0.2, 0) is 6.42 Å². The topological polar surface area (TPSA) is 67.0 Å². The standard InChI is InChI=1S/C30H32FN3O2/c1-3-22-17-26(29(34-22)24-6-4-5-7-28(24)36-2)30(35)33-18-19-8-10-20(11-9-19)23-14-15-32-27-13-12-21(31)16-25(23)27/h4-7,12-17,19-20,34H,3,8-11,18H2,1-2H3,(H,33,35). The first-order chi connectivity index (χ1) is 17.6. The monoisotopic (exact) mass is 485 g/mol. The van der Waals surface area contributed by atoms with Crippen molar-refractivity contribution in [2.45, 2.75) is 44.9 Å². The number of benzene rings is 2. The molecule has 5 rings (SSSR count). The van der Waals surface area contributed by atoms with E-state index >= 15 is 0 Å². The second kappa shape index (κ2) is 10.5. The minimum atomic E-state index is -0.225. The summed E-state index contributed by atoms with van der Waals surface area (Å²) in [6, 6.07) is 16.5. The van der Waals surface area contributed by atoms with Crippen LogP contribution in [0.4, 0.5) is 4.39 Å². The molecule has 2 aromatic carbocycles.